The number of pyridine rings is 2. The summed E-state index contributed by atoms with van der Waals surface area (Å²) in [6.07, 6.45) is 5.71. The summed E-state index contributed by atoms with van der Waals surface area (Å²) in [4.78, 5) is 48.8. The van der Waals surface area contributed by atoms with Crippen molar-refractivity contribution in [2.45, 2.75) is 51.2 Å². The topological polar surface area (TPSA) is 138 Å². The summed E-state index contributed by atoms with van der Waals surface area (Å²) in [5.41, 5.74) is 1.10. The lowest BCUT2D eigenvalue weighted by molar-refractivity contribution is -0.130. The van der Waals surface area contributed by atoms with Crippen LogP contribution in [0.4, 0.5) is 11.5 Å². The molecule has 1 saturated carbocycles. The number of rotatable bonds is 6. The van der Waals surface area contributed by atoms with Crippen LogP contribution in [0.1, 0.15) is 54.8 Å². The lowest BCUT2D eigenvalue weighted by Crippen LogP contribution is -2.40. The third-order valence-corrected chi connectivity index (χ3v) is 7.02. The van der Waals surface area contributed by atoms with Crippen LogP contribution in [0.5, 0.6) is 0 Å². The molecule has 3 N–H and O–H groups in total. The van der Waals surface area contributed by atoms with Crippen LogP contribution < -0.4 is 10.6 Å². The summed E-state index contributed by atoms with van der Waals surface area (Å²) in [5, 5.41) is 15.5. The van der Waals surface area contributed by atoms with E-state index < -0.39 is 5.91 Å². The van der Waals surface area contributed by atoms with Gasteiger partial charge in [0.25, 0.3) is 5.91 Å². The first-order valence-corrected chi connectivity index (χ1v) is 12.4. The summed E-state index contributed by atoms with van der Waals surface area (Å²) in [6, 6.07) is 6.50. The van der Waals surface area contributed by atoms with E-state index in [1.165, 1.54) is 6.20 Å². The van der Waals surface area contributed by atoms with Crippen molar-refractivity contribution in [1.82, 2.24) is 14.9 Å². The Bertz CT molecular complexity index is 1300. The fraction of sp³-hybridized carbons (Fsp3) is 0.400. The van der Waals surface area contributed by atoms with E-state index in [4.69, 9.17) is 16.0 Å². The first-order valence-electron chi connectivity index (χ1n) is 12.0. The number of fused-ring (bicyclic) bond motifs is 1. The van der Waals surface area contributed by atoms with Crippen LogP contribution >= 0.6 is 11.6 Å². The Labute approximate surface area is 212 Å². The average Bonchev–Trinajstić information content (AvgIpc) is 3.48. The molecule has 5 rings (SSSR count). The van der Waals surface area contributed by atoms with E-state index in [9.17, 15) is 19.5 Å². The van der Waals surface area contributed by atoms with Gasteiger partial charge in [-0.3, -0.25) is 14.4 Å². The highest BCUT2D eigenvalue weighted by Gasteiger charge is 2.34. The number of hydrogen-bond donors (Lipinski definition) is 3. The van der Waals surface area contributed by atoms with Crippen LogP contribution in [0.2, 0.25) is 5.02 Å². The predicted octanol–water partition coefficient (Wildman–Crippen LogP) is 3.74. The molecular formula is C25H26ClN5O5. The quantitative estimate of drug-likeness (QED) is 0.458. The highest BCUT2D eigenvalue weighted by molar-refractivity contribution is 6.30. The van der Waals surface area contributed by atoms with Crippen LogP contribution in [0, 0.1) is 5.92 Å². The van der Waals surface area contributed by atoms with Gasteiger partial charge >= 0.3 is 0 Å². The molecule has 3 amide bonds. The molecule has 10 nitrogen and oxygen atoms in total. The molecule has 0 spiro atoms. The maximum absolute atomic E-state index is 13.3. The number of nitrogens with one attached hydrogen (secondary N) is 2. The van der Waals surface area contributed by atoms with Gasteiger partial charge in [0.2, 0.25) is 17.6 Å². The van der Waals surface area contributed by atoms with Gasteiger partial charge < -0.3 is 25.1 Å². The van der Waals surface area contributed by atoms with Crippen molar-refractivity contribution in [3.63, 3.8) is 0 Å². The molecule has 0 atom stereocenters. The molecular weight excluding hydrogens is 486 g/mol. The van der Waals surface area contributed by atoms with Gasteiger partial charge in [-0.25, -0.2) is 9.97 Å². The number of aromatic nitrogens is 2. The summed E-state index contributed by atoms with van der Waals surface area (Å²) in [5.74, 6) is -0.767. The van der Waals surface area contributed by atoms with Gasteiger partial charge in [-0.1, -0.05) is 11.6 Å². The average molecular weight is 512 g/mol. The highest BCUT2D eigenvalue weighted by atomic mass is 35.5. The Morgan fingerprint density at radius 3 is 2.61 bits per heavy atom. The third kappa shape index (κ3) is 4.91. The number of anilines is 2. The van der Waals surface area contributed by atoms with E-state index in [1.54, 1.807) is 24.3 Å². The predicted molar refractivity (Wildman–Crippen MR) is 132 cm³/mol. The largest absolute Gasteiger partial charge is 0.447 e. The second-order valence-electron chi connectivity index (χ2n) is 9.11. The fourth-order valence-corrected chi connectivity index (χ4v) is 5.05. The van der Waals surface area contributed by atoms with Gasteiger partial charge in [-0.2, -0.15) is 0 Å². The van der Waals surface area contributed by atoms with E-state index in [1.807, 2.05) is 4.90 Å². The van der Waals surface area contributed by atoms with E-state index >= 15 is 0 Å². The molecule has 11 heteroatoms. The molecule has 1 aliphatic carbocycles. The molecule has 36 heavy (non-hydrogen) atoms. The maximum atomic E-state index is 13.3. The van der Waals surface area contributed by atoms with Crippen molar-refractivity contribution in [2.24, 2.45) is 5.92 Å². The minimum Gasteiger partial charge on any atom is -0.447 e. The smallest absolute Gasteiger partial charge is 0.294 e. The highest BCUT2D eigenvalue weighted by Crippen LogP contribution is 2.34. The van der Waals surface area contributed by atoms with Gasteiger partial charge in [0, 0.05) is 31.1 Å². The van der Waals surface area contributed by atoms with Gasteiger partial charge in [-0.15, -0.1) is 0 Å². The van der Waals surface area contributed by atoms with Crippen molar-refractivity contribution in [3.05, 3.63) is 46.9 Å². The van der Waals surface area contributed by atoms with E-state index in [0.717, 1.165) is 25.8 Å². The Kier molecular flexibility index (Phi) is 6.88. The zero-order valence-electron chi connectivity index (χ0n) is 19.5. The first-order chi connectivity index (χ1) is 17.4. The number of halogens is 1. The molecule has 3 aromatic heterocycles. The van der Waals surface area contributed by atoms with Crippen molar-refractivity contribution >= 4 is 51.9 Å². The number of carbonyl (C=O) groups is 3. The van der Waals surface area contributed by atoms with Crippen molar-refractivity contribution < 1.29 is 23.9 Å². The second-order valence-corrected chi connectivity index (χ2v) is 9.55. The SMILES string of the molecule is O=C(Nc1ccc(Cl)cn1)c1oc2ccc(CO)nc2c1NC(=O)C1CCC(N2CCCC2=O)CC1. The van der Waals surface area contributed by atoms with Gasteiger partial charge in [0.15, 0.2) is 5.58 Å². The second kappa shape index (κ2) is 10.2. The molecule has 0 aromatic carbocycles. The van der Waals surface area contributed by atoms with Crippen LogP contribution in [0.3, 0.4) is 0 Å². The number of hydrogen-bond acceptors (Lipinski definition) is 7. The minimum atomic E-state index is -0.611. The number of aliphatic hydroxyl groups is 1. The number of furan rings is 1. The van der Waals surface area contributed by atoms with Crippen LogP contribution in [-0.4, -0.2) is 50.3 Å². The third-order valence-electron chi connectivity index (χ3n) is 6.80. The maximum Gasteiger partial charge on any atom is 0.294 e. The van der Waals surface area contributed by atoms with E-state index in [2.05, 4.69) is 20.6 Å². The van der Waals surface area contributed by atoms with Gasteiger partial charge in [0.1, 0.15) is 17.0 Å². The number of carbonyl (C=O) groups excluding carboxylic acids is 3. The molecule has 1 aliphatic heterocycles. The summed E-state index contributed by atoms with van der Waals surface area (Å²) < 4.78 is 5.77. The van der Waals surface area contributed by atoms with E-state index in [0.29, 0.717) is 35.6 Å². The molecule has 4 heterocycles. The van der Waals surface area contributed by atoms with Gasteiger partial charge in [0.05, 0.1) is 17.3 Å². The van der Waals surface area contributed by atoms with Crippen LogP contribution in [-0.2, 0) is 16.2 Å². The molecule has 188 valence electrons. The Balaban J connectivity index is 1.36. The fourth-order valence-electron chi connectivity index (χ4n) is 4.93. The van der Waals surface area contributed by atoms with Crippen molar-refractivity contribution in [2.75, 3.05) is 17.2 Å². The molecule has 0 unspecified atom stereocenters. The summed E-state index contributed by atoms with van der Waals surface area (Å²) in [6.45, 7) is 0.491. The first kappa shape index (κ1) is 24.2. The molecule has 1 saturated heterocycles. The zero-order valence-corrected chi connectivity index (χ0v) is 20.3. The Hall–Kier alpha value is -3.50. The van der Waals surface area contributed by atoms with E-state index in [-0.39, 0.29) is 53.2 Å². The molecule has 2 aliphatic rings. The van der Waals surface area contributed by atoms with Crippen LogP contribution in [0.25, 0.3) is 11.1 Å². The van der Waals surface area contributed by atoms with Crippen LogP contribution in [0.15, 0.2) is 34.9 Å². The molecule has 3 aromatic rings. The number of nitrogens with zero attached hydrogens (tertiary/aromatic N) is 3. The summed E-state index contributed by atoms with van der Waals surface area (Å²) in [7, 11) is 0. The number of likely N-dealkylation sites (tertiary alicyclic amines) is 1. The summed E-state index contributed by atoms with van der Waals surface area (Å²) >= 11 is 5.87. The number of amides is 3. The molecule has 0 bridgehead atoms. The van der Waals surface area contributed by atoms with Gasteiger partial charge in [-0.05, 0) is 56.4 Å². The lowest BCUT2D eigenvalue weighted by Gasteiger charge is -2.34. The molecule has 0 radical (unpaired) electrons. The van der Waals surface area contributed by atoms with Crippen molar-refractivity contribution in [3.8, 4) is 0 Å². The number of aliphatic hydroxyl groups excluding tert-OH is 1. The minimum absolute atomic E-state index is 0.117. The monoisotopic (exact) mass is 511 g/mol. The molecule has 2 fully saturated rings. The standard InChI is InChI=1S/C25H26ClN5O5/c26-15-5-10-19(27-12-15)29-25(35)23-22(21-18(36-23)9-6-16(13-32)28-21)30-24(34)14-3-7-17(8-4-14)31-11-1-2-20(31)33/h5-6,9-10,12,14,17,32H,1-4,7-8,11,13H2,(H,30,34)(H,27,29,35). The zero-order chi connectivity index (χ0) is 25.2. The normalized spacial score (nSPS) is 20.1. The Morgan fingerprint density at radius 1 is 1.14 bits per heavy atom. The van der Waals surface area contributed by atoms with Crippen molar-refractivity contribution in [1.29, 1.82) is 0 Å². The Morgan fingerprint density at radius 2 is 1.94 bits per heavy atom. The lowest BCUT2D eigenvalue weighted by atomic mass is 9.84.